The van der Waals surface area contributed by atoms with Crippen LogP contribution in [0, 0.1) is 0 Å². The quantitative estimate of drug-likeness (QED) is 0.683. The van der Waals surface area contributed by atoms with E-state index in [0.29, 0.717) is 5.69 Å². The first-order valence-electron chi connectivity index (χ1n) is 4.95. The van der Waals surface area contributed by atoms with Crippen LogP contribution < -0.4 is 5.32 Å². The van der Waals surface area contributed by atoms with E-state index in [1.165, 1.54) is 17.9 Å². The molecular weight excluding hydrogens is 258 g/mol. The Hall–Kier alpha value is -2.29. The van der Waals surface area contributed by atoms with Crippen LogP contribution in [0.25, 0.3) is 0 Å². The summed E-state index contributed by atoms with van der Waals surface area (Å²) >= 11 is 1.02. The molecule has 0 aliphatic rings. The summed E-state index contributed by atoms with van der Waals surface area (Å²) in [4.78, 5) is 29.3. The maximum Gasteiger partial charge on any atom is 0.326 e. The Kier molecular flexibility index (Phi) is 3.63. The van der Waals surface area contributed by atoms with Crippen molar-refractivity contribution in [1.29, 1.82) is 0 Å². The SMILES string of the molecule is O=C(N[C@H](Cc1cnc[nH]1)C(=O)O)c1csnn1. The fourth-order valence-corrected chi connectivity index (χ4v) is 1.75. The summed E-state index contributed by atoms with van der Waals surface area (Å²) < 4.78 is 3.54. The van der Waals surface area contributed by atoms with E-state index in [-0.39, 0.29) is 12.1 Å². The Bertz CT molecular complexity index is 524. The van der Waals surface area contributed by atoms with E-state index in [9.17, 15) is 9.59 Å². The van der Waals surface area contributed by atoms with Crippen molar-refractivity contribution in [1.82, 2.24) is 24.9 Å². The number of nitrogens with one attached hydrogen (secondary N) is 2. The van der Waals surface area contributed by atoms with Crippen molar-refractivity contribution in [3.05, 3.63) is 29.3 Å². The normalized spacial score (nSPS) is 12.0. The number of aromatic amines is 1. The molecule has 0 radical (unpaired) electrons. The smallest absolute Gasteiger partial charge is 0.326 e. The summed E-state index contributed by atoms with van der Waals surface area (Å²) in [6, 6.07) is -1.04. The second-order valence-corrected chi connectivity index (χ2v) is 4.05. The molecular formula is C9H9N5O3S. The van der Waals surface area contributed by atoms with Crippen molar-refractivity contribution in [2.24, 2.45) is 0 Å². The van der Waals surface area contributed by atoms with Gasteiger partial charge < -0.3 is 15.4 Å². The van der Waals surface area contributed by atoms with E-state index >= 15 is 0 Å². The molecule has 0 aliphatic heterocycles. The van der Waals surface area contributed by atoms with E-state index in [1.54, 1.807) is 0 Å². The van der Waals surface area contributed by atoms with Crippen LogP contribution in [0.15, 0.2) is 17.9 Å². The number of carbonyl (C=O) groups is 2. The van der Waals surface area contributed by atoms with Gasteiger partial charge in [-0.05, 0) is 11.5 Å². The van der Waals surface area contributed by atoms with Crippen molar-refractivity contribution in [2.75, 3.05) is 0 Å². The van der Waals surface area contributed by atoms with Gasteiger partial charge in [0.05, 0.1) is 6.33 Å². The lowest BCUT2D eigenvalue weighted by atomic mass is 10.1. The highest BCUT2D eigenvalue weighted by molar-refractivity contribution is 7.03. The summed E-state index contributed by atoms with van der Waals surface area (Å²) in [5.74, 6) is -1.68. The molecule has 2 heterocycles. The molecule has 9 heteroatoms. The highest BCUT2D eigenvalue weighted by Gasteiger charge is 2.22. The van der Waals surface area contributed by atoms with Crippen molar-refractivity contribution in [3.63, 3.8) is 0 Å². The van der Waals surface area contributed by atoms with E-state index < -0.39 is 17.9 Å². The standard InChI is InChI=1S/C9H9N5O3S/c15-8(7-3-18-14-13-7)12-6(9(16)17)1-5-2-10-4-11-5/h2-4,6H,1H2,(H,10,11)(H,12,15)(H,16,17)/t6-/m1/s1. The lowest BCUT2D eigenvalue weighted by molar-refractivity contribution is -0.139. The zero-order valence-corrected chi connectivity index (χ0v) is 9.85. The zero-order chi connectivity index (χ0) is 13.0. The summed E-state index contributed by atoms with van der Waals surface area (Å²) in [6.07, 6.45) is 3.07. The molecule has 2 rings (SSSR count). The van der Waals surface area contributed by atoms with Gasteiger partial charge in [-0.3, -0.25) is 4.79 Å². The number of imidazole rings is 1. The Morgan fingerprint density at radius 2 is 2.39 bits per heavy atom. The molecule has 3 N–H and O–H groups in total. The first-order valence-corrected chi connectivity index (χ1v) is 5.78. The highest BCUT2D eigenvalue weighted by Crippen LogP contribution is 2.02. The average Bonchev–Trinajstić information content (AvgIpc) is 3.00. The Labute approximate surface area is 105 Å². The van der Waals surface area contributed by atoms with Crippen LogP contribution in [-0.4, -0.2) is 42.6 Å². The molecule has 0 unspecified atom stereocenters. The number of hydrogen-bond acceptors (Lipinski definition) is 6. The number of aliphatic carboxylic acids is 1. The molecule has 2 aromatic heterocycles. The number of H-pyrrole nitrogens is 1. The van der Waals surface area contributed by atoms with Gasteiger partial charge in [-0.2, -0.15) is 0 Å². The minimum Gasteiger partial charge on any atom is -0.480 e. The van der Waals surface area contributed by atoms with Crippen molar-refractivity contribution >= 4 is 23.4 Å². The third-order valence-corrected chi connectivity index (χ3v) is 2.68. The fourth-order valence-electron chi connectivity index (χ4n) is 1.31. The molecule has 0 bridgehead atoms. The van der Waals surface area contributed by atoms with Crippen LogP contribution in [0.3, 0.4) is 0 Å². The van der Waals surface area contributed by atoms with Crippen LogP contribution >= 0.6 is 11.5 Å². The van der Waals surface area contributed by atoms with Crippen LogP contribution in [0.1, 0.15) is 16.2 Å². The predicted octanol–water partition coefficient (Wildman–Crippen LogP) is -0.313. The van der Waals surface area contributed by atoms with Crippen LogP contribution in [0.5, 0.6) is 0 Å². The molecule has 18 heavy (non-hydrogen) atoms. The summed E-state index contributed by atoms with van der Waals surface area (Å²) in [6.45, 7) is 0. The van der Waals surface area contributed by atoms with Gasteiger partial charge >= 0.3 is 5.97 Å². The lowest BCUT2D eigenvalue weighted by Crippen LogP contribution is -2.42. The van der Waals surface area contributed by atoms with E-state index in [0.717, 1.165) is 11.5 Å². The second-order valence-electron chi connectivity index (χ2n) is 3.44. The Morgan fingerprint density at radius 3 is 2.94 bits per heavy atom. The van der Waals surface area contributed by atoms with Crippen molar-refractivity contribution in [2.45, 2.75) is 12.5 Å². The molecule has 0 aromatic carbocycles. The molecule has 1 atom stereocenters. The number of carboxylic acid groups (broad SMARTS) is 1. The van der Waals surface area contributed by atoms with E-state index in [2.05, 4.69) is 24.9 Å². The maximum atomic E-state index is 11.7. The van der Waals surface area contributed by atoms with Crippen molar-refractivity contribution < 1.29 is 14.7 Å². The molecule has 1 amide bonds. The Balaban J connectivity index is 2.03. The van der Waals surface area contributed by atoms with E-state index in [4.69, 9.17) is 5.11 Å². The van der Waals surface area contributed by atoms with E-state index in [1.807, 2.05) is 0 Å². The Morgan fingerprint density at radius 1 is 1.56 bits per heavy atom. The number of amides is 1. The number of carboxylic acids is 1. The van der Waals surface area contributed by atoms with Gasteiger partial charge in [-0.25, -0.2) is 9.78 Å². The predicted molar refractivity (Wildman–Crippen MR) is 61.1 cm³/mol. The molecule has 0 saturated carbocycles. The number of carbonyl (C=O) groups excluding carboxylic acids is 1. The third kappa shape index (κ3) is 2.88. The van der Waals surface area contributed by atoms with Crippen LogP contribution in [0.2, 0.25) is 0 Å². The fraction of sp³-hybridized carbons (Fsp3) is 0.222. The monoisotopic (exact) mass is 267 g/mol. The van der Waals surface area contributed by atoms with Crippen LogP contribution in [-0.2, 0) is 11.2 Å². The lowest BCUT2D eigenvalue weighted by Gasteiger charge is -2.12. The number of hydrogen-bond donors (Lipinski definition) is 3. The number of nitrogens with zero attached hydrogens (tertiary/aromatic N) is 3. The van der Waals surface area contributed by atoms with Gasteiger partial charge in [-0.15, -0.1) is 5.10 Å². The number of rotatable bonds is 5. The summed E-state index contributed by atoms with van der Waals surface area (Å²) in [5, 5.41) is 16.4. The summed E-state index contributed by atoms with van der Waals surface area (Å²) in [7, 11) is 0. The molecule has 0 spiro atoms. The van der Waals surface area contributed by atoms with Crippen LogP contribution in [0.4, 0.5) is 0 Å². The topological polar surface area (TPSA) is 121 Å². The van der Waals surface area contributed by atoms with Gasteiger partial charge in [0.15, 0.2) is 5.69 Å². The highest BCUT2D eigenvalue weighted by atomic mass is 32.1. The van der Waals surface area contributed by atoms with Crippen molar-refractivity contribution in [3.8, 4) is 0 Å². The van der Waals surface area contributed by atoms with Gasteiger partial charge in [-0.1, -0.05) is 4.49 Å². The van der Waals surface area contributed by atoms with Gasteiger partial charge in [0.25, 0.3) is 5.91 Å². The molecule has 0 fully saturated rings. The minimum absolute atomic E-state index is 0.107. The van der Waals surface area contributed by atoms with Gasteiger partial charge in [0.1, 0.15) is 6.04 Å². The zero-order valence-electron chi connectivity index (χ0n) is 9.03. The van der Waals surface area contributed by atoms with Gasteiger partial charge in [0.2, 0.25) is 0 Å². The van der Waals surface area contributed by atoms with Gasteiger partial charge in [0, 0.05) is 23.7 Å². The molecule has 0 saturated heterocycles. The largest absolute Gasteiger partial charge is 0.480 e. The molecule has 0 aliphatic carbocycles. The molecule has 94 valence electrons. The first-order chi connectivity index (χ1) is 8.66. The summed E-state index contributed by atoms with van der Waals surface area (Å²) in [5.41, 5.74) is 0.731. The average molecular weight is 267 g/mol. The minimum atomic E-state index is -1.12. The maximum absolute atomic E-state index is 11.7. The molecule has 8 nitrogen and oxygen atoms in total. The second kappa shape index (κ2) is 5.36. The first kappa shape index (κ1) is 12.2. The molecule has 2 aromatic rings. The third-order valence-electron chi connectivity index (χ3n) is 2.17. The number of aromatic nitrogens is 4.